The van der Waals surface area contributed by atoms with Gasteiger partial charge in [-0.25, -0.2) is 4.79 Å². The maximum Gasteiger partial charge on any atom is 0.341 e. The molecule has 2 aliphatic rings. The van der Waals surface area contributed by atoms with E-state index < -0.39 is 5.97 Å². The first-order chi connectivity index (χ1) is 6.68. The van der Waals surface area contributed by atoms with E-state index in [9.17, 15) is 9.59 Å². The first-order valence-electron chi connectivity index (χ1n) is 5.12. The summed E-state index contributed by atoms with van der Waals surface area (Å²) in [5, 5.41) is 0. The highest BCUT2D eigenvalue weighted by Gasteiger charge is 2.34. The van der Waals surface area contributed by atoms with E-state index in [1.807, 2.05) is 6.08 Å². The number of esters is 1. The van der Waals surface area contributed by atoms with Crippen molar-refractivity contribution in [2.45, 2.75) is 38.7 Å². The smallest absolute Gasteiger partial charge is 0.341 e. The first-order valence-corrected chi connectivity index (χ1v) is 5.12. The van der Waals surface area contributed by atoms with Crippen LogP contribution in [-0.2, 0) is 14.3 Å². The maximum absolute atomic E-state index is 11.4. The van der Waals surface area contributed by atoms with Crippen LogP contribution in [0.15, 0.2) is 11.6 Å². The third-order valence-corrected chi connectivity index (χ3v) is 2.99. The van der Waals surface area contributed by atoms with E-state index in [1.54, 1.807) is 0 Å². The lowest BCUT2D eigenvalue weighted by atomic mass is 9.83. The molecule has 2 rings (SSSR count). The number of hydrogen-bond acceptors (Lipinski definition) is 3. The largest absolute Gasteiger partial charge is 0.458 e. The summed E-state index contributed by atoms with van der Waals surface area (Å²) in [5.74, 6) is -0.333. The Kier molecular flexibility index (Phi) is 2.40. The van der Waals surface area contributed by atoms with Gasteiger partial charge in [-0.15, -0.1) is 0 Å². The van der Waals surface area contributed by atoms with Crippen molar-refractivity contribution >= 4 is 11.8 Å². The van der Waals surface area contributed by atoms with Gasteiger partial charge in [0.2, 0.25) is 0 Å². The van der Waals surface area contributed by atoms with Crippen molar-refractivity contribution < 1.29 is 14.3 Å². The van der Waals surface area contributed by atoms with Crippen LogP contribution in [0.4, 0.5) is 0 Å². The van der Waals surface area contributed by atoms with Crippen LogP contribution in [0.3, 0.4) is 0 Å². The SMILES string of the molecule is CC(=O)C1=CC2CCCCC2OC1=O. The molecule has 1 fully saturated rings. The Bertz CT molecular complexity index is 304. The average molecular weight is 194 g/mol. The van der Waals surface area contributed by atoms with E-state index in [1.165, 1.54) is 13.3 Å². The molecule has 3 heteroatoms. The van der Waals surface area contributed by atoms with Crippen molar-refractivity contribution in [3.05, 3.63) is 11.6 Å². The summed E-state index contributed by atoms with van der Waals surface area (Å²) < 4.78 is 5.24. The van der Waals surface area contributed by atoms with Gasteiger partial charge in [-0.2, -0.15) is 0 Å². The molecule has 1 aliphatic carbocycles. The molecule has 1 saturated carbocycles. The predicted octanol–water partition coefficient (Wildman–Crippen LogP) is 1.62. The molecule has 3 nitrogen and oxygen atoms in total. The standard InChI is InChI=1S/C11H14O3/c1-7(12)9-6-8-4-2-3-5-10(8)14-11(9)13/h6,8,10H,2-5H2,1H3. The van der Waals surface area contributed by atoms with Crippen LogP contribution in [0.5, 0.6) is 0 Å². The lowest BCUT2D eigenvalue weighted by molar-refractivity contribution is -0.150. The van der Waals surface area contributed by atoms with Gasteiger partial charge in [-0.3, -0.25) is 4.79 Å². The van der Waals surface area contributed by atoms with Gasteiger partial charge < -0.3 is 4.74 Å². The van der Waals surface area contributed by atoms with Gasteiger partial charge in [0.25, 0.3) is 0 Å². The van der Waals surface area contributed by atoms with E-state index in [4.69, 9.17) is 4.74 Å². The normalized spacial score (nSPS) is 31.5. The van der Waals surface area contributed by atoms with Crippen LogP contribution >= 0.6 is 0 Å². The Morgan fingerprint density at radius 1 is 1.43 bits per heavy atom. The summed E-state index contributed by atoms with van der Waals surface area (Å²) in [7, 11) is 0. The summed E-state index contributed by atoms with van der Waals surface area (Å²) in [5.41, 5.74) is 0.244. The molecule has 2 unspecified atom stereocenters. The second-order valence-electron chi connectivity index (χ2n) is 4.03. The van der Waals surface area contributed by atoms with Crippen molar-refractivity contribution in [1.29, 1.82) is 0 Å². The van der Waals surface area contributed by atoms with E-state index in [0.29, 0.717) is 0 Å². The molecule has 0 radical (unpaired) electrons. The number of hydrogen-bond donors (Lipinski definition) is 0. The topological polar surface area (TPSA) is 43.4 Å². The van der Waals surface area contributed by atoms with Crippen molar-refractivity contribution in [3.63, 3.8) is 0 Å². The third-order valence-electron chi connectivity index (χ3n) is 2.99. The fourth-order valence-corrected chi connectivity index (χ4v) is 2.21. The zero-order valence-corrected chi connectivity index (χ0v) is 8.29. The van der Waals surface area contributed by atoms with Crippen LogP contribution in [0.1, 0.15) is 32.6 Å². The maximum atomic E-state index is 11.4. The Morgan fingerprint density at radius 3 is 2.86 bits per heavy atom. The Morgan fingerprint density at radius 2 is 2.14 bits per heavy atom. The Hall–Kier alpha value is -1.12. The Labute approximate surface area is 83.1 Å². The minimum atomic E-state index is -0.430. The van der Waals surface area contributed by atoms with Crippen LogP contribution in [-0.4, -0.2) is 17.9 Å². The van der Waals surface area contributed by atoms with Crippen LogP contribution in [0, 0.1) is 5.92 Å². The van der Waals surface area contributed by atoms with Gasteiger partial charge in [0.05, 0.1) is 5.57 Å². The summed E-state index contributed by atoms with van der Waals surface area (Å²) in [6.45, 7) is 1.41. The number of carbonyl (C=O) groups excluding carboxylic acids is 2. The molecule has 0 amide bonds. The highest BCUT2D eigenvalue weighted by atomic mass is 16.5. The number of Topliss-reactive ketones (excluding diaryl/α,β-unsaturated/α-hetero) is 1. The third kappa shape index (κ3) is 1.59. The molecule has 0 aromatic rings. The number of rotatable bonds is 1. The predicted molar refractivity (Wildman–Crippen MR) is 50.6 cm³/mol. The first kappa shape index (κ1) is 9.44. The van der Waals surface area contributed by atoms with E-state index in [2.05, 4.69) is 0 Å². The van der Waals surface area contributed by atoms with Crippen molar-refractivity contribution in [1.82, 2.24) is 0 Å². The molecule has 2 atom stereocenters. The van der Waals surface area contributed by atoms with E-state index in [-0.39, 0.29) is 23.4 Å². The molecule has 1 heterocycles. The minimum Gasteiger partial charge on any atom is -0.458 e. The monoisotopic (exact) mass is 194 g/mol. The minimum absolute atomic E-state index is 0.0272. The lowest BCUT2D eigenvalue weighted by Crippen LogP contribution is -2.35. The zero-order chi connectivity index (χ0) is 10.1. The molecule has 0 aromatic heterocycles. The molecule has 0 spiro atoms. The average Bonchev–Trinajstić information content (AvgIpc) is 2.16. The van der Waals surface area contributed by atoms with Gasteiger partial charge in [0.1, 0.15) is 6.10 Å². The molecule has 0 N–H and O–H groups in total. The summed E-state index contributed by atoms with van der Waals surface area (Å²) in [4.78, 5) is 22.5. The van der Waals surface area contributed by atoms with Crippen LogP contribution in [0.2, 0.25) is 0 Å². The molecular formula is C11H14O3. The van der Waals surface area contributed by atoms with Crippen LogP contribution < -0.4 is 0 Å². The molecule has 0 aromatic carbocycles. The molecule has 76 valence electrons. The fraction of sp³-hybridized carbons (Fsp3) is 0.636. The van der Waals surface area contributed by atoms with Gasteiger partial charge in [-0.05, 0) is 26.2 Å². The Balaban J connectivity index is 2.23. The second kappa shape index (κ2) is 3.56. The number of ether oxygens (including phenoxy) is 1. The van der Waals surface area contributed by atoms with Gasteiger partial charge in [-0.1, -0.05) is 12.5 Å². The fourth-order valence-electron chi connectivity index (χ4n) is 2.21. The number of carbonyl (C=O) groups is 2. The molecule has 14 heavy (non-hydrogen) atoms. The molecular weight excluding hydrogens is 180 g/mol. The number of fused-ring (bicyclic) bond motifs is 1. The van der Waals surface area contributed by atoms with Gasteiger partial charge >= 0.3 is 5.97 Å². The van der Waals surface area contributed by atoms with Gasteiger partial charge in [0, 0.05) is 5.92 Å². The van der Waals surface area contributed by atoms with Crippen molar-refractivity contribution in [2.75, 3.05) is 0 Å². The van der Waals surface area contributed by atoms with E-state index in [0.717, 1.165) is 19.3 Å². The van der Waals surface area contributed by atoms with Crippen molar-refractivity contribution in [2.24, 2.45) is 5.92 Å². The van der Waals surface area contributed by atoms with Crippen LogP contribution in [0.25, 0.3) is 0 Å². The zero-order valence-electron chi connectivity index (χ0n) is 8.29. The highest BCUT2D eigenvalue weighted by molar-refractivity contribution is 6.16. The van der Waals surface area contributed by atoms with E-state index >= 15 is 0 Å². The van der Waals surface area contributed by atoms with Gasteiger partial charge in [0.15, 0.2) is 5.78 Å². The molecule has 0 bridgehead atoms. The summed E-state index contributed by atoms with van der Waals surface area (Å²) in [6, 6.07) is 0. The second-order valence-corrected chi connectivity index (χ2v) is 4.03. The highest BCUT2D eigenvalue weighted by Crippen LogP contribution is 2.32. The lowest BCUT2D eigenvalue weighted by Gasteiger charge is -2.32. The summed E-state index contributed by atoms with van der Waals surface area (Å²) >= 11 is 0. The quantitative estimate of drug-likeness (QED) is 0.470. The number of ketones is 1. The molecule has 0 saturated heterocycles. The molecule has 1 aliphatic heterocycles. The van der Waals surface area contributed by atoms with Crippen molar-refractivity contribution in [3.8, 4) is 0 Å². The summed E-state index contributed by atoms with van der Waals surface area (Å²) in [6.07, 6.45) is 6.11.